The molecule has 15 heavy (non-hydrogen) atoms. The predicted molar refractivity (Wildman–Crippen MR) is 59.6 cm³/mol. The molecule has 0 aliphatic carbocycles. The molecular formula is C10H7O3S2. The third-order valence-corrected chi connectivity index (χ3v) is 3.45. The molecule has 0 aromatic heterocycles. The number of hydrogen-bond acceptors (Lipinski definition) is 2. The molecule has 0 atom stereocenters. The fourth-order valence-electron chi connectivity index (χ4n) is 1.40. The molecule has 5 heteroatoms. The van der Waals surface area contributed by atoms with Gasteiger partial charge in [-0.25, -0.2) is 0 Å². The van der Waals surface area contributed by atoms with E-state index in [0.717, 1.165) is 10.8 Å². The Labute approximate surface area is 92.9 Å². The second-order valence-corrected chi connectivity index (χ2v) is 4.95. The first kappa shape index (κ1) is 10.4. The molecule has 2 aromatic carbocycles. The van der Waals surface area contributed by atoms with Crippen molar-refractivity contribution in [1.82, 2.24) is 0 Å². The summed E-state index contributed by atoms with van der Waals surface area (Å²) in [4.78, 5) is -0.0765. The number of hydrogen-bond donors (Lipinski definition) is 1. The topological polar surface area (TPSA) is 54.4 Å². The summed E-state index contributed by atoms with van der Waals surface area (Å²) in [7, 11) is -4.23. The molecule has 3 nitrogen and oxygen atoms in total. The zero-order chi connectivity index (χ0) is 11.1. The fraction of sp³-hybridized carbons (Fsp3) is 0. The Hall–Kier alpha value is -1.17. The standard InChI is InChI=1S/C10H7O3S2/c11-15(12,13)10-6-8-4-2-1-3-7(8)5-9(10)14/h1-6H,(H,11,12,13). The molecule has 0 saturated carbocycles. The van der Waals surface area contributed by atoms with Crippen molar-refractivity contribution >= 4 is 33.5 Å². The summed E-state index contributed by atoms with van der Waals surface area (Å²) in [5, 5.41) is 1.59. The van der Waals surface area contributed by atoms with E-state index in [1.54, 1.807) is 18.2 Å². The minimum atomic E-state index is -4.23. The summed E-state index contributed by atoms with van der Waals surface area (Å²) in [5.74, 6) is 0. The van der Waals surface area contributed by atoms with E-state index in [4.69, 9.17) is 17.2 Å². The van der Waals surface area contributed by atoms with Crippen molar-refractivity contribution in [2.24, 2.45) is 0 Å². The highest BCUT2D eigenvalue weighted by Crippen LogP contribution is 2.25. The van der Waals surface area contributed by atoms with Gasteiger partial charge in [0.15, 0.2) is 0 Å². The molecule has 1 N–H and O–H groups in total. The minimum absolute atomic E-state index is 0.135. The Balaban J connectivity index is 2.84. The van der Waals surface area contributed by atoms with Gasteiger partial charge in [-0.2, -0.15) is 8.42 Å². The van der Waals surface area contributed by atoms with Crippen molar-refractivity contribution in [3.63, 3.8) is 0 Å². The van der Waals surface area contributed by atoms with Crippen molar-refractivity contribution in [1.29, 1.82) is 0 Å². The lowest BCUT2D eigenvalue weighted by atomic mass is 10.1. The maximum Gasteiger partial charge on any atom is 0.295 e. The highest BCUT2D eigenvalue weighted by atomic mass is 32.2. The van der Waals surface area contributed by atoms with Crippen LogP contribution in [0.15, 0.2) is 46.2 Å². The summed E-state index contributed by atoms with van der Waals surface area (Å²) in [6, 6.07) is 10.2. The second-order valence-electron chi connectivity index (χ2n) is 3.12. The van der Waals surface area contributed by atoms with Gasteiger partial charge in [-0.05, 0) is 22.9 Å². The van der Waals surface area contributed by atoms with E-state index in [1.165, 1.54) is 6.07 Å². The first-order valence-electron chi connectivity index (χ1n) is 4.16. The third-order valence-electron chi connectivity index (χ3n) is 2.09. The maximum absolute atomic E-state index is 11.0. The molecule has 2 rings (SSSR count). The van der Waals surface area contributed by atoms with E-state index in [-0.39, 0.29) is 9.79 Å². The largest absolute Gasteiger partial charge is 0.295 e. The molecule has 0 saturated heterocycles. The van der Waals surface area contributed by atoms with E-state index in [2.05, 4.69) is 0 Å². The summed E-state index contributed by atoms with van der Waals surface area (Å²) < 4.78 is 30.9. The number of benzene rings is 2. The van der Waals surface area contributed by atoms with Gasteiger partial charge in [0.2, 0.25) is 0 Å². The molecule has 0 amide bonds. The summed E-state index contributed by atoms with van der Waals surface area (Å²) in [6.45, 7) is 0. The van der Waals surface area contributed by atoms with E-state index in [1.807, 2.05) is 12.1 Å². The second kappa shape index (κ2) is 3.44. The van der Waals surface area contributed by atoms with Crippen LogP contribution in [-0.2, 0) is 10.1 Å². The normalized spacial score (nSPS) is 11.8. The van der Waals surface area contributed by atoms with Gasteiger partial charge >= 0.3 is 0 Å². The quantitative estimate of drug-likeness (QED) is 0.778. The fourth-order valence-corrected chi connectivity index (χ4v) is 2.49. The molecule has 1 radical (unpaired) electrons. The van der Waals surface area contributed by atoms with Gasteiger partial charge in [0, 0.05) is 0 Å². The monoisotopic (exact) mass is 239 g/mol. The average molecular weight is 239 g/mol. The van der Waals surface area contributed by atoms with Crippen LogP contribution >= 0.6 is 12.6 Å². The Morgan fingerprint density at radius 1 is 1.07 bits per heavy atom. The molecule has 0 aliphatic rings. The Morgan fingerprint density at radius 3 is 2.13 bits per heavy atom. The van der Waals surface area contributed by atoms with Crippen molar-refractivity contribution in [3.05, 3.63) is 36.4 Å². The summed E-state index contributed by atoms with van der Waals surface area (Å²) in [6.07, 6.45) is 0. The van der Waals surface area contributed by atoms with Gasteiger partial charge in [-0.1, -0.05) is 36.9 Å². The lowest BCUT2D eigenvalue weighted by molar-refractivity contribution is 0.481. The van der Waals surface area contributed by atoms with Crippen LogP contribution in [0.1, 0.15) is 0 Å². The molecule has 0 heterocycles. The summed E-state index contributed by atoms with van der Waals surface area (Å²) >= 11 is 4.89. The van der Waals surface area contributed by atoms with E-state index in [0.29, 0.717) is 0 Å². The SMILES string of the molecule is O=S(=O)(O)c1cc2ccccc2cc1[S]. The lowest BCUT2D eigenvalue weighted by Gasteiger charge is -2.03. The van der Waals surface area contributed by atoms with Crippen LogP contribution < -0.4 is 0 Å². The molecule has 0 bridgehead atoms. The van der Waals surface area contributed by atoms with Crippen LogP contribution in [-0.4, -0.2) is 13.0 Å². The van der Waals surface area contributed by atoms with Crippen LogP contribution in [0.3, 0.4) is 0 Å². The molecule has 77 valence electrons. The zero-order valence-corrected chi connectivity index (χ0v) is 9.18. The smallest absolute Gasteiger partial charge is 0.282 e. The van der Waals surface area contributed by atoms with E-state index in [9.17, 15) is 8.42 Å². The summed E-state index contributed by atoms with van der Waals surface area (Å²) in [5.41, 5.74) is 0. The lowest BCUT2D eigenvalue weighted by Crippen LogP contribution is -1.99. The van der Waals surface area contributed by atoms with E-state index < -0.39 is 10.1 Å². The minimum Gasteiger partial charge on any atom is -0.282 e. The van der Waals surface area contributed by atoms with Gasteiger partial charge < -0.3 is 0 Å². The van der Waals surface area contributed by atoms with Gasteiger partial charge in [0.1, 0.15) is 4.90 Å². The number of rotatable bonds is 1. The average Bonchev–Trinajstić information content (AvgIpc) is 2.15. The van der Waals surface area contributed by atoms with Gasteiger partial charge in [-0.15, -0.1) is 0 Å². The van der Waals surface area contributed by atoms with Crippen LogP contribution in [0.5, 0.6) is 0 Å². The predicted octanol–water partition coefficient (Wildman–Crippen LogP) is 2.64. The molecular weight excluding hydrogens is 232 g/mol. The van der Waals surface area contributed by atoms with Gasteiger partial charge in [0.25, 0.3) is 10.1 Å². The Kier molecular flexibility index (Phi) is 2.38. The zero-order valence-electron chi connectivity index (χ0n) is 7.54. The van der Waals surface area contributed by atoms with Crippen LogP contribution in [0.2, 0.25) is 0 Å². The number of fused-ring (bicyclic) bond motifs is 1. The highest BCUT2D eigenvalue weighted by molar-refractivity contribution is 7.87. The van der Waals surface area contributed by atoms with Crippen molar-refractivity contribution in [2.75, 3.05) is 0 Å². The van der Waals surface area contributed by atoms with Crippen LogP contribution in [0, 0.1) is 0 Å². The molecule has 0 spiro atoms. The first-order valence-corrected chi connectivity index (χ1v) is 6.00. The maximum atomic E-state index is 11.0. The van der Waals surface area contributed by atoms with E-state index >= 15 is 0 Å². The third kappa shape index (κ3) is 1.94. The molecule has 0 aliphatic heterocycles. The first-order chi connectivity index (χ1) is 6.98. The highest BCUT2D eigenvalue weighted by Gasteiger charge is 2.14. The molecule has 2 aromatic rings. The van der Waals surface area contributed by atoms with Crippen molar-refractivity contribution in [2.45, 2.75) is 9.79 Å². The molecule has 0 unspecified atom stereocenters. The van der Waals surface area contributed by atoms with Gasteiger partial charge in [-0.3, -0.25) is 4.55 Å². The molecule has 0 fully saturated rings. The van der Waals surface area contributed by atoms with Crippen molar-refractivity contribution < 1.29 is 13.0 Å². The van der Waals surface area contributed by atoms with Crippen LogP contribution in [0.25, 0.3) is 10.8 Å². The Morgan fingerprint density at radius 2 is 1.60 bits per heavy atom. The van der Waals surface area contributed by atoms with Crippen LogP contribution in [0.4, 0.5) is 0 Å². The van der Waals surface area contributed by atoms with Crippen molar-refractivity contribution in [3.8, 4) is 0 Å². The van der Waals surface area contributed by atoms with Gasteiger partial charge in [0.05, 0.1) is 4.90 Å². The Bertz CT molecular complexity index is 618.